The number of hydrogen-bond donors (Lipinski definition) is 1. The fourth-order valence-corrected chi connectivity index (χ4v) is 3.13. The van der Waals surface area contributed by atoms with Crippen LogP contribution in [0.1, 0.15) is 19.4 Å². The summed E-state index contributed by atoms with van der Waals surface area (Å²) in [4.78, 5) is 2.51. The molecule has 1 aliphatic rings. The number of hydrogen-bond acceptors (Lipinski definition) is 2. The van der Waals surface area contributed by atoms with E-state index in [4.69, 9.17) is 0 Å². The molecule has 1 heterocycles. The first kappa shape index (κ1) is 12.9. The Bertz CT molecular complexity index is 392. The van der Waals surface area contributed by atoms with Gasteiger partial charge < -0.3 is 10.2 Å². The highest BCUT2D eigenvalue weighted by Gasteiger charge is 2.22. The Morgan fingerprint density at radius 2 is 2.06 bits per heavy atom. The number of halogens is 1. The second kappa shape index (κ2) is 5.40. The summed E-state index contributed by atoms with van der Waals surface area (Å²) in [6, 6.07) is 7.16. The lowest BCUT2D eigenvalue weighted by atomic mass is 10.1. The summed E-state index contributed by atoms with van der Waals surface area (Å²) < 4.78 is 1.21. The Kier molecular flexibility index (Phi) is 4.10. The average Bonchev–Trinajstić information content (AvgIpc) is 2.41. The number of rotatable bonds is 1. The first-order chi connectivity index (χ1) is 8.08. The van der Waals surface area contributed by atoms with Crippen molar-refractivity contribution in [2.24, 2.45) is 5.92 Å². The van der Waals surface area contributed by atoms with Gasteiger partial charge in [-0.05, 0) is 59.9 Å². The molecule has 1 saturated heterocycles. The summed E-state index contributed by atoms with van der Waals surface area (Å²) in [7, 11) is 0. The monoisotopic (exact) mass is 296 g/mol. The molecular formula is C14H21BrN2. The van der Waals surface area contributed by atoms with Crippen LogP contribution in [0.3, 0.4) is 0 Å². The van der Waals surface area contributed by atoms with Crippen molar-refractivity contribution in [2.75, 3.05) is 24.5 Å². The summed E-state index contributed by atoms with van der Waals surface area (Å²) in [6.45, 7) is 10.0. The van der Waals surface area contributed by atoms with E-state index < -0.39 is 0 Å². The molecule has 3 heteroatoms. The minimum absolute atomic E-state index is 0.541. The fourth-order valence-electron chi connectivity index (χ4n) is 2.41. The van der Waals surface area contributed by atoms with Crippen LogP contribution in [0, 0.1) is 12.8 Å². The third-order valence-electron chi connectivity index (χ3n) is 3.39. The van der Waals surface area contributed by atoms with E-state index in [1.807, 2.05) is 0 Å². The summed E-state index contributed by atoms with van der Waals surface area (Å²) >= 11 is 3.69. The molecule has 2 unspecified atom stereocenters. The molecule has 0 spiro atoms. The van der Waals surface area contributed by atoms with Crippen molar-refractivity contribution < 1.29 is 0 Å². The second-order valence-corrected chi connectivity index (χ2v) is 6.07. The lowest BCUT2D eigenvalue weighted by Gasteiger charge is -2.31. The Hall–Kier alpha value is -0.540. The van der Waals surface area contributed by atoms with Crippen LogP contribution >= 0.6 is 15.9 Å². The van der Waals surface area contributed by atoms with Gasteiger partial charge in [0.25, 0.3) is 0 Å². The molecule has 1 aromatic rings. The number of benzene rings is 1. The van der Waals surface area contributed by atoms with Gasteiger partial charge in [-0.15, -0.1) is 0 Å². The van der Waals surface area contributed by atoms with E-state index in [2.05, 4.69) is 65.1 Å². The van der Waals surface area contributed by atoms with Crippen LogP contribution < -0.4 is 10.2 Å². The van der Waals surface area contributed by atoms with Crippen molar-refractivity contribution in [1.29, 1.82) is 0 Å². The first-order valence-electron chi connectivity index (χ1n) is 6.31. The molecule has 1 aromatic carbocycles. The van der Waals surface area contributed by atoms with Gasteiger partial charge in [0.2, 0.25) is 0 Å². The largest absolute Gasteiger partial charge is 0.366 e. The van der Waals surface area contributed by atoms with Gasteiger partial charge in [0.05, 0.1) is 5.69 Å². The van der Waals surface area contributed by atoms with Crippen molar-refractivity contribution in [3.05, 3.63) is 28.2 Å². The Labute approximate surface area is 113 Å². The maximum Gasteiger partial charge on any atom is 0.0513 e. The number of nitrogens with zero attached hydrogens (tertiary/aromatic N) is 1. The van der Waals surface area contributed by atoms with Crippen molar-refractivity contribution in [1.82, 2.24) is 5.32 Å². The van der Waals surface area contributed by atoms with E-state index >= 15 is 0 Å². The van der Waals surface area contributed by atoms with Gasteiger partial charge in [0.15, 0.2) is 0 Å². The minimum atomic E-state index is 0.541. The number of aryl methyl sites for hydroxylation is 1. The molecule has 1 fully saturated rings. The Balaban J connectivity index is 2.29. The zero-order valence-corrected chi connectivity index (χ0v) is 12.4. The molecule has 0 radical (unpaired) electrons. The third-order valence-corrected chi connectivity index (χ3v) is 4.02. The summed E-state index contributed by atoms with van der Waals surface area (Å²) in [5.41, 5.74) is 2.62. The average molecular weight is 297 g/mol. The van der Waals surface area contributed by atoms with Gasteiger partial charge >= 0.3 is 0 Å². The van der Waals surface area contributed by atoms with Crippen LogP contribution in [0.25, 0.3) is 0 Å². The standard InChI is InChI=1S/C14H21BrN2/c1-10-4-5-14(13(15)6-10)17-9-11(2)7-16-8-12(17)3/h4-6,11-12,16H,7-9H2,1-3H3. The molecular weight excluding hydrogens is 276 g/mol. The van der Waals surface area contributed by atoms with Gasteiger partial charge in [-0.25, -0.2) is 0 Å². The smallest absolute Gasteiger partial charge is 0.0513 e. The molecule has 2 rings (SSSR count). The first-order valence-corrected chi connectivity index (χ1v) is 7.10. The normalized spacial score (nSPS) is 25.8. The second-order valence-electron chi connectivity index (χ2n) is 5.22. The molecule has 2 atom stereocenters. The summed E-state index contributed by atoms with van der Waals surface area (Å²) in [5.74, 6) is 0.688. The zero-order chi connectivity index (χ0) is 12.4. The predicted octanol–water partition coefficient (Wildman–Crippen LogP) is 3.19. The molecule has 0 amide bonds. The van der Waals surface area contributed by atoms with Crippen LogP contribution in [0.4, 0.5) is 5.69 Å². The van der Waals surface area contributed by atoms with E-state index in [0.29, 0.717) is 12.0 Å². The summed E-state index contributed by atoms with van der Waals surface area (Å²) in [5, 5.41) is 3.52. The maximum absolute atomic E-state index is 3.69. The quantitative estimate of drug-likeness (QED) is 0.856. The van der Waals surface area contributed by atoms with Crippen molar-refractivity contribution >= 4 is 21.6 Å². The SMILES string of the molecule is Cc1ccc(N2CC(C)CNCC2C)c(Br)c1. The zero-order valence-electron chi connectivity index (χ0n) is 10.8. The summed E-state index contributed by atoms with van der Waals surface area (Å²) in [6.07, 6.45) is 0. The minimum Gasteiger partial charge on any atom is -0.366 e. The van der Waals surface area contributed by atoms with E-state index in [-0.39, 0.29) is 0 Å². The van der Waals surface area contributed by atoms with Crippen LogP contribution in [0.5, 0.6) is 0 Å². The van der Waals surface area contributed by atoms with E-state index in [0.717, 1.165) is 19.6 Å². The molecule has 0 saturated carbocycles. The van der Waals surface area contributed by atoms with Gasteiger partial charge in [-0.2, -0.15) is 0 Å². The number of nitrogens with one attached hydrogen (secondary N) is 1. The Morgan fingerprint density at radius 1 is 1.29 bits per heavy atom. The number of anilines is 1. The van der Waals surface area contributed by atoms with Gasteiger partial charge in [-0.1, -0.05) is 13.0 Å². The topological polar surface area (TPSA) is 15.3 Å². The van der Waals surface area contributed by atoms with Crippen LogP contribution in [0.15, 0.2) is 22.7 Å². The fraction of sp³-hybridized carbons (Fsp3) is 0.571. The molecule has 17 heavy (non-hydrogen) atoms. The molecule has 94 valence electrons. The lowest BCUT2D eigenvalue weighted by Crippen LogP contribution is -2.38. The third kappa shape index (κ3) is 3.02. The lowest BCUT2D eigenvalue weighted by molar-refractivity contribution is 0.563. The van der Waals surface area contributed by atoms with Crippen LogP contribution in [-0.4, -0.2) is 25.7 Å². The highest BCUT2D eigenvalue weighted by Crippen LogP contribution is 2.29. The molecule has 0 aliphatic carbocycles. The van der Waals surface area contributed by atoms with Crippen molar-refractivity contribution in [3.63, 3.8) is 0 Å². The molecule has 2 nitrogen and oxygen atoms in total. The molecule has 0 bridgehead atoms. The molecule has 1 N–H and O–H groups in total. The van der Waals surface area contributed by atoms with Crippen molar-refractivity contribution in [3.8, 4) is 0 Å². The Morgan fingerprint density at radius 3 is 2.76 bits per heavy atom. The molecule has 1 aliphatic heterocycles. The van der Waals surface area contributed by atoms with Gasteiger partial charge in [0, 0.05) is 23.6 Å². The predicted molar refractivity (Wildman–Crippen MR) is 77.7 cm³/mol. The van der Waals surface area contributed by atoms with Gasteiger partial charge in [0.1, 0.15) is 0 Å². The maximum atomic E-state index is 3.69. The van der Waals surface area contributed by atoms with Crippen LogP contribution in [-0.2, 0) is 0 Å². The van der Waals surface area contributed by atoms with E-state index in [1.54, 1.807) is 0 Å². The highest BCUT2D eigenvalue weighted by atomic mass is 79.9. The van der Waals surface area contributed by atoms with Gasteiger partial charge in [-0.3, -0.25) is 0 Å². The van der Waals surface area contributed by atoms with E-state index in [9.17, 15) is 0 Å². The van der Waals surface area contributed by atoms with Crippen LogP contribution in [0.2, 0.25) is 0 Å². The highest BCUT2D eigenvalue weighted by molar-refractivity contribution is 9.10. The van der Waals surface area contributed by atoms with E-state index in [1.165, 1.54) is 15.7 Å². The molecule has 0 aromatic heterocycles. The van der Waals surface area contributed by atoms with Crippen molar-refractivity contribution in [2.45, 2.75) is 26.8 Å².